The first-order chi connectivity index (χ1) is 15.0. The Morgan fingerprint density at radius 1 is 1.13 bits per heavy atom. The van der Waals surface area contributed by atoms with Gasteiger partial charge < -0.3 is 14.8 Å². The predicted octanol–water partition coefficient (Wildman–Crippen LogP) is 6.69. The van der Waals surface area contributed by atoms with Gasteiger partial charge in [0.15, 0.2) is 0 Å². The average Bonchev–Trinajstić information content (AvgIpc) is 3.02. The van der Waals surface area contributed by atoms with E-state index in [0.29, 0.717) is 46.0 Å². The maximum absolute atomic E-state index is 12.6. The molecule has 1 amide bonds. The molecule has 1 aromatic heterocycles. The smallest absolute Gasteiger partial charge is 0.341 e. The minimum absolute atomic E-state index is 0.148. The van der Waals surface area contributed by atoms with Crippen LogP contribution in [0.4, 0.5) is 5.00 Å². The van der Waals surface area contributed by atoms with E-state index in [2.05, 4.69) is 5.32 Å². The molecule has 1 N–H and O–H groups in total. The molecule has 0 aliphatic heterocycles. The lowest BCUT2D eigenvalue weighted by atomic mass is 9.96. The highest BCUT2D eigenvalue weighted by Gasteiger charge is 2.26. The number of benzene rings is 1. The molecular weight excluding hydrogens is 457 g/mol. The number of nitrogens with one attached hydrogen (secondary N) is 1. The molecule has 1 heterocycles. The molecular formula is C23H27Cl2NO4S. The van der Waals surface area contributed by atoms with Crippen molar-refractivity contribution in [1.29, 1.82) is 0 Å². The van der Waals surface area contributed by atoms with Crippen LogP contribution >= 0.6 is 34.5 Å². The van der Waals surface area contributed by atoms with Gasteiger partial charge in [0.05, 0.1) is 23.8 Å². The van der Waals surface area contributed by atoms with Crippen molar-refractivity contribution in [2.24, 2.45) is 0 Å². The van der Waals surface area contributed by atoms with Gasteiger partial charge in [0.25, 0.3) is 0 Å². The van der Waals surface area contributed by atoms with Crippen LogP contribution in [0.1, 0.15) is 66.2 Å². The first kappa shape index (κ1) is 23.9. The van der Waals surface area contributed by atoms with Crippen LogP contribution < -0.4 is 10.1 Å². The lowest BCUT2D eigenvalue weighted by Gasteiger charge is -2.11. The van der Waals surface area contributed by atoms with E-state index in [-0.39, 0.29) is 18.3 Å². The summed E-state index contributed by atoms with van der Waals surface area (Å²) in [5.41, 5.74) is 1.60. The second-order valence-electron chi connectivity index (χ2n) is 7.42. The molecule has 0 unspecified atom stereocenters. The number of esters is 1. The molecule has 0 spiro atoms. The SMILES string of the molecule is CCOC(=O)c1c(NC(=O)CCCOc2ccc(Cl)cc2Cl)sc2c1CCCCCC2. The van der Waals surface area contributed by atoms with Crippen molar-refractivity contribution in [1.82, 2.24) is 0 Å². The average molecular weight is 484 g/mol. The fraction of sp³-hybridized carbons (Fsp3) is 0.478. The van der Waals surface area contributed by atoms with Crippen molar-refractivity contribution in [2.45, 2.75) is 58.3 Å². The van der Waals surface area contributed by atoms with E-state index in [1.165, 1.54) is 22.6 Å². The highest BCUT2D eigenvalue weighted by atomic mass is 35.5. The summed E-state index contributed by atoms with van der Waals surface area (Å²) in [6.07, 6.45) is 7.11. The Morgan fingerprint density at radius 2 is 1.90 bits per heavy atom. The van der Waals surface area contributed by atoms with Crippen molar-refractivity contribution in [3.05, 3.63) is 44.2 Å². The second-order valence-corrected chi connectivity index (χ2v) is 9.37. The first-order valence-electron chi connectivity index (χ1n) is 10.7. The summed E-state index contributed by atoms with van der Waals surface area (Å²) in [7, 11) is 0. The van der Waals surface area contributed by atoms with Gasteiger partial charge in [-0.3, -0.25) is 4.79 Å². The summed E-state index contributed by atoms with van der Waals surface area (Å²) in [4.78, 5) is 26.4. The molecule has 0 fully saturated rings. The highest BCUT2D eigenvalue weighted by molar-refractivity contribution is 7.17. The minimum atomic E-state index is -0.350. The quantitative estimate of drug-likeness (QED) is 0.335. The van der Waals surface area contributed by atoms with E-state index in [4.69, 9.17) is 32.7 Å². The summed E-state index contributed by atoms with van der Waals surface area (Å²) < 4.78 is 10.9. The van der Waals surface area contributed by atoms with Crippen LogP contribution in [0.3, 0.4) is 0 Å². The monoisotopic (exact) mass is 483 g/mol. The van der Waals surface area contributed by atoms with Gasteiger partial charge in [-0.15, -0.1) is 11.3 Å². The summed E-state index contributed by atoms with van der Waals surface area (Å²) in [6, 6.07) is 5.03. The van der Waals surface area contributed by atoms with Crippen molar-refractivity contribution in [3.8, 4) is 5.75 Å². The molecule has 168 valence electrons. The number of hydrogen-bond donors (Lipinski definition) is 1. The van der Waals surface area contributed by atoms with Crippen LogP contribution in [0.25, 0.3) is 0 Å². The predicted molar refractivity (Wildman–Crippen MR) is 126 cm³/mol. The lowest BCUT2D eigenvalue weighted by molar-refractivity contribution is -0.116. The zero-order valence-electron chi connectivity index (χ0n) is 17.6. The molecule has 5 nitrogen and oxygen atoms in total. The fourth-order valence-corrected chi connectivity index (χ4v) is 5.38. The highest BCUT2D eigenvalue weighted by Crippen LogP contribution is 2.37. The minimum Gasteiger partial charge on any atom is -0.492 e. The van der Waals surface area contributed by atoms with Crippen molar-refractivity contribution < 1.29 is 19.1 Å². The van der Waals surface area contributed by atoms with Crippen molar-refractivity contribution in [2.75, 3.05) is 18.5 Å². The Bertz CT molecular complexity index is 929. The molecule has 31 heavy (non-hydrogen) atoms. The van der Waals surface area contributed by atoms with Crippen LogP contribution in [-0.2, 0) is 22.4 Å². The van der Waals surface area contributed by atoms with Crippen LogP contribution in [-0.4, -0.2) is 25.1 Å². The normalized spacial score (nSPS) is 13.6. The van der Waals surface area contributed by atoms with Crippen LogP contribution in [0.5, 0.6) is 5.75 Å². The Morgan fingerprint density at radius 3 is 2.65 bits per heavy atom. The molecule has 3 rings (SSSR count). The number of thiophene rings is 1. The van der Waals surface area contributed by atoms with Crippen molar-refractivity contribution in [3.63, 3.8) is 0 Å². The standard InChI is InChI=1S/C23H27Cl2NO4S/c1-2-29-23(28)21-16-8-5-3-4-6-9-19(16)31-22(21)26-20(27)10-7-13-30-18-12-11-15(24)14-17(18)25/h11-12,14H,2-10,13H2,1H3,(H,26,27). The largest absolute Gasteiger partial charge is 0.492 e. The van der Waals surface area contributed by atoms with Gasteiger partial charge in [-0.05, 0) is 62.8 Å². The van der Waals surface area contributed by atoms with Gasteiger partial charge in [-0.25, -0.2) is 4.79 Å². The van der Waals surface area contributed by atoms with Crippen LogP contribution in [0.2, 0.25) is 10.0 Å². The number of amides is 1. The molecule has 0 atom stereocenters. The number of halogens is 2. The molecule has 1 aliphatic carbocycles. The third-order valence-electron chi connectivity index (χ3n) is 5.10. The number of fused-ring (bicyclic) bond motifs is 1. The Hall–Kier alpha value is -1.76. The number of hydrogen-bond acceptors (Lipinski definition) is 5. The van der Waals surface area contributed by atoms with Crippen LogP contribution in [0, 0.1) is 0 Å². The molecule has 1 aromatic carbocycles. The van der Waals surface area contributed by atoms with E-state index >= 15 is 0 Å². The van der Waals surface area contributed by atoms with Gasteiger partial charge >= 0.3 is 5.97 Å². The number of anilines is 1. The number of rotatable bonds is 8. The lowest BCUT2D eigenvalue weighted by Crippen LogP contribution is -2.16. The number of carbonyl (C=O) groups is 2. The molecule has 0 radical (unpaired) electrons. The van der Waals surface area contributed by atoms with Gasteiger partial charge in [0.2, 0.25) is 5.91 Å². The van der Waals surface area contributed by atoms with E-state index in [1.54, 1.807) is 25.1 Å². The van der Waals surface area contributed by atoms with Crippen molar-refractivity contribution >= 4 is 51.4 Å². The van der Waals surface area contributed by atoms with E-state index < -0.39 is 0 Å². The summed E-state index contributed by atoms with van der Waals surface area (Å²) >= 11 is 13.5. The molecule has 1 aliphatic rings. The van der Waals surface area contributed by atoms with Gasteiger partial charge in [-0.2, -0.15) is 0 Å². The van der Waals surface area contributed by atoms with E-state index in [1.807, 2.05) is 0 Å². The third-order valence-corrected chi connectivity index (χ3v) is 6.84. The van der Waals surface area contributed by atoms with Gasteiger partial charge in [-0.1, -0.05) is 36.0 Å². The number of carbonyl (C=O) groups excluding carboxylic acids is 2. The van der Waals surface area contributed by atoms with E-state index in [0.717, 1.165) is 37.7 Å². The topological polar surface area (TPSA) is 64.6 Å². The second kappa shape index (κ2) is 11.7. The zero-order valence-corrected chi connectivity index (χ0v) is 19.9. The third kappa shape index (κ3) is 6.61. The Balaban J connectivity index is 1.61. The summed E-state index contributed by atoms with van der Waals surface area (Å²) in [5, 5.41) is 4.53. The first-order valence-corrected chi connectivity index (χ1v) is 12.3. The van der Waals surface area contributed by atoms with E-state index in [9.17, 15) is 9.59 Å². The maximum Gasteiger partial charge on any atom is 0.341 e. The fourth-order valence-electron chi connectivity index (χ4n) is 3.62. The zero-order chi connectivity index (χ0) is 22.2. The summed E-state index contributed by atoms with van der Waals surface area (Å²) in [6.45, 7) is 2.45. The molecule has 0 saturated heterocycles. The Labute approximate surface area is 197 Å². The molecule has 0 bridgehead atoms. The Kier molecular flexibility index (Phi) is 9.05. The molecule has 8 heteroatoms. The van der Waals surface area contributed by atoms with Crippen LogP contribution in [0.15, 0.2) is 18.2 Å². The number of aryl methyl sites for hydroxylation is 1. The van der Waals surface area contributed by atoms with Gasteiger partial charge in [0, 0.05) is 16.3 Å². The number of ether oxygens (including phenoxy) is 2. The molecule has 2 aromatic rings. The van der Waals surface area contributed by atoms with Gasteiger partial charge in [0.1, 0.15) is 10.8 Å². The maximum atomic E-state index is 12.6. The molecule has 0 saturated carbocycles. The summed E-state index contributed by atoms with van der Waals surface area (Å²) in [5.74, 6) is 0.0382.